The van der Waals surface area contributed by atoms with Crippen LogP contribution in [0.4, 0.5) is 9.18 Å². The molecule has 0 aliphatic heterocycles. The normalized spacial score (nSPS) is 13.5. The van der Waals surface area contributed by atoms with Crippen molar-refractivity contribution in [3.05, 3.63) is 87.1 Å². The van der Waals surface area contributed by atoms with Crippen molar-refractivity contribution in [1.29, 1.82) is 0 Å². The first-order chi connectivity index (χ1) is 21.6. The van der Waals surface area contributed by atoms with Crippen molar-refractivity contribution < 1.29 is 36.4 Å². The van der Waals surface area contributed by atoms with Crippen LogP contribution in [0.3, 0.4) is 0 Å². The van der Waals surface area contributed by atoms with Crippen molar-refractivity contribution in [3.63, 3.8) is 0 Å². The molecule has 256 valence electrons. The maximum absolute atomic E-state index is 14.2. The van der Waals surface area contributed by atoms with Crippen molar-refractivity contribution in [2.45, 2.75) is 70.6 Å². The Kier molecular flexibility index (Phi) is 11.4. The van der Waals surface area contributed by atoms with Crippen molar-refractivity contribution in [2.24, 2.45) is 7.05 Å². The lowest BCUT2D eigenvalue weighted by Gasteiger charge is -2.27. The van der Waals surface area contributed by atoms with E-state index in [4.69, 9.17) is 9.47 Å². The molecule has 1 amide bonds. The maximum Gasteiger partial charge on any atom is 0.423 e. The number of sulfonamides is 1. The van der Waals surface area contributed by atoms with Gasteiger partial charge in [-0.1, -0.05) is 12.1 Å². The number of ketones is 1. The summed E-state index contributed by atoms with van der Waals surface area (Å²) in [5, 5.41) is 0. The molecule has 1 heterocycles. The molecule has 1 aromatic heterocycles. The minimum atomic E-state index is -4.25. The topological polar surface area (TPSA) is 147 Å². The summed E-state index contributed by atoms with van der Waals surface area (Å²) in [6.45, 7) is 11.9. The zero-order chi connectivity index (χ0) is 35.6. The van der Waals surface area contributed by atoms with Crippen LogP contribution < -0.4 is 15.0 Å². The van der Waals surface area contributed by atoms with E-state index in [1.807, 2.05) is 0 Å². The summed E-state index contributed by atoms with van der Waals surface area (Å²) < 4.78 is 68.4. The molecule has 0 saturated carbocycles. The van der Waals surface area contributed by atoms with Gasteiger partial charge in [-0.05, 0) is 89.4 Å². The first-order valence-corrected chi connectivity index (χ1v) is 17.4. The number of ether oxygens (including phenoxy) is 2. The second-order valence-electron chi connectivity index (χ2n) is 13.1. The molecule has 1 N–H and O–H groups in total. The van der Waals surface area contributed by atoms with Gasteiger partial charge >= 0.3 is 6.09 Å². The summed E-state index contributed by atoms with van der Waals surface area (Å²) in [4.78, 5) is 39.4. The fraction of sp³-hybridized carbons (Fsp3) is 0.424. The number of aromatic nitrogens is 1. The van der Waals surface area contributed by atoms with Gasteiger partial charge in [-0.15, -0.1) is 4.72 Å². The monoisotopic (exact) mass is 691 g/mol. The highest BCUT2D eigenvalue weighted by Crippen LogP contribution is 2.34. The lowest BCUT2D eigenvalue weighted by atomic mass is 9.89. The third kappa shape index (κ3) is 9.21. The Morgan fingerprint density at radius 3 is 2.28 bits per heavy atom. The van der Waals surface area contributed by atoms with E-state index in [2.05, 4.69) is 4.72 Å². The van der Waals surface area contributed by atoms with Crippen LogP contribution in [0.5, 0.6) is 5.75 Å². The van der Waals surface area contributed by atoms with Crippen molar-refractivity contribution in [1.82, 2.24) is 13.6 Å². The molecule has 0 saturated heterocycles. The maximum atomic E-state index is 14.2. The number of rotatable bonds is 10. The van der Waals surface area contributed by atoms with Crippen molar-refractivity contribution >= 4 is 33.3 Å². The molecule has 0 bridgehead atoms. The largest absolute Gasteiger partial charge is 0.598 e. The summed E-state index contributed by atoms with van der Waals surface area (Å²) in [7, 11) is -0.356. The summed E-state index contributed by atoms with van der Waals surface area (Å²) in [6.07, 6.45) is 0.458. The molecule has 14 heteroatoms. The van der Waals surface area contributed by atoms with E-state index < -0.39 is 61.2 Å². The molecule has 0 aliphatic carbocycles. The van der Waals surface area contributed by atoms with Gasteiger partial charge < -0.3 is 18.6 Å². The van der Waals surface area contributed by atoms with Gasteiger partial charge in [-0.3, -0.25) is 9.59 Å². The number of nitrogens with zero attached hydrogens (tertiary/aromatic N) is 2. The van der Waals surface area contributed by atoms with Crippen LogP contribution in [0.1, 0.15) is 81.6 Å². The van der Waals surface area contributed by atoms with Gasteiger partial charge in [-0.25, -0.2) is 21.9 Å². The summed E-state index contributed by atoms with van der Waals surface area (Å²) in [5.41, 5.74) is 0.185. The smallest absolute Gasteiger partial charge is 0.423 e. The van der Waals surface area contributed by atoms with Gasteiger partial charge in [-0.2, -0.15) is 0 Å². The summed E-state index contributed by atoms with van der Waals surface area (Å²) in [5.74, 6) is -1.96. The molecule has 2 atom stereocenters. The molecule has 3 aromatic rings. The molecule has 0 aliphatic rings. The number of carbonyl (C=O) groups is 2. The Morgan fingerprint density at radius 1 is 1.06 bits per heavy atom. The lowest BCUT2D eigenvalue weighted by molar-refractivity contribution is 0.0420. The predicted molar refractivity (Wildman–Crippen MR) is 180 cm³/mol. The Hall–Kier alpha value is -3.72. The number of amides is 1. The van der Waals surface area contributed by atoms with E-state index in [9.17, 15) is 31.7 Å². The van der Waals surface area contributed by atoms with Crippen LogP contribution >= 0.6 is 0 Å². The Balaban J connectivity index is 2.25. The van der Waals surface area contributed by atoms with Crippen molar-refractivity contribution in [3.8, 4) is 16.9 Å². The van der Waals surface area contributed by atoms with Gasteiger partial charge in [0, 0.05) is 54.4 Å². The van der Waals surface area contributed by atoms with Crippen LogP contribution in [-0.4, -0.2) is 58.2 Å². The van der Waals surface area contributed by atoms with Crippen LogP contribution in [0, 0.1) is 5.82 Å². The van der Waals surface area contributed by atoms with E-state index in [-0.39, 0.29) is 33.6 Å². The van der Waals surface area contributed by atoms with Crippen LogP contribution in [-0.2, 0) is 38.9 Å². The SMILES string of the molecule is COc1cc(C(=O)c2ccc(CS(=O)(=O)N(C)C(=O)OC(C)(C)C)cc2-c2cn(C)c(=O)cc2[C@H](C)N[S+]([O-])C(C)(C)C)ccc1F. The number of aryl methyl sites for hydroxylation is 1. The Labute approximate surface area is 278 Å². The fourth-order valence-electron chi connectivity index (χ4n) is 4.43. The summed E-state index contributed by atoms with van der Waals surface area (Å²) in [6, 6.07) is 8.74. The van der Waals surface area contributed by atoms with E-state index in [1.54, 1.807) is 48.5 Å². The van der Waals surface area contributed by atoms with Gasteiger partial charge in [0.05, 0.1) is 18.9 Å². The van der Waals surface area contributed by atoms with Gasteiger partial charge in [0.2, 0.25) is 10.0 Å². The fourth-order valence-corrected chi connectivity index (χ4v) is 6.29. The zero-order valence-corrected chi connectivity index (χ0v) is 29.9. The number of halogens is 1. The second kappa shape index (κ2) is 14.2. The number of pyridine rings is 1. The number of benzene rings is 2. The van der Waals surface area contributed by atoms with Crippen LogP contribution in [0.25, 0.3) is 11.1 Å². The number of carbonyl (C=O) groups excluding carboxylic acids is 2. The average molecular weight is 692 g/mol. The molecule has 1 unspecified atom stereocenters. The van der Waals surface area contributed by atoms with Crippen LogP contribution in [0.2, 0.25) is 0 Å². The molecule has 11 nitrogen and oxygen atoms in total. The zero-order valence-electron chi connectivity index (χ0n) is 28.3. The lowest BCUT2D eigenvalue weighted by Crippen LogP contribution is -2.41. The molecule has 47 heavy (non-hydrogen) atoms. The standard InChI is InChI=1S/C33H42FN3O8S2/c1-20(35-46(41)33(5,6)7)24-17-29(38)36(8)18-26(24)25-15-21(19-47(42,43)37(9)31(40)45-32(2,3)4)11-13-23(25)30(39)22-12-14-27(34)28(16-22)44-10/h11-18,20,35H,19H2,1-10H3/t20-,46?/m0/s1. The van der Waals surface area contributed by atoms with E-state index in [1.165, 1.54) is 61.3 Å². The van der Waals surface area contributed by atoms with Crippen molar-refractivity contribution in [2.75, 3.05) is 14.2 Å². The molecule has 0 spiro atoms. The highest BCUT2D eigenvalue weighted by molar-refractivity contribution is 7.90. The number of methoxy groups -OCH3 is 1. The average Bonchev–Trinajstić information content (AvgIpc) is 2.96. The van der Waals surface area contributed by atoms with Gasteiger partial charge in [0.1, 0.15) is 10.3 Å². The second-order valence-corrected chi connectivity index (χ2v) is 17.1. The quantitative estimate of drug-likeness (QED) is 0.223. The molecule has 3 rings (SSSR count). The summed E-state index contributed by atoms with van der Waals surface area (Å²) >= 11 is -1.53. The number of nitrogens with one attached hydrogen (secondary N) is 1. The first kappa shape index (κ1) is 37.7. The van der Waals surface area contributed by atoms with E-state index in [0.717, 1.165) is 13.1 Å². The number of hydrogen-bond acceptors (Lipinski definition) is 9. The minimum absolute atomic E-state index is 0.0981. The van der Waals surface area contributed by atoms with Gasteiger partial charge in [0.15, 0.2) is 17.3 Å². The highest BCUT2D eigenvalue weighted by atomic mass is 32.2. The third-order valence-electron chi connectivity index (χ3n) is 7.02. The Morgan fingerprint density at radius 2 is 1.70 bits per heavy atom. The molecule has 0 radical (unpaired) electrons. The first-order valence-electron chi connectivity index (χ1n) is 14.7. The number of hydrogen-bond donors (Lipinski definition) is 1. The van der Waals surface area contributed by atoms with Gasteiger partial charge in [0.25, 0.3) is 5.56 Å². The Bertz CT molecular complexity index is 1830. The van der Waals surface area contributed by atoms with Crippen LogP contribution in [0.15, 0.2) is 53.5 Å². The van der Waals surface area contributed by atoms with E-state index in [0.29, 0.717) is 15.4 Å². The predicted octanol–water partition coefficient (Wildman–Crippen LogP) is 5.24. The molecular formula is C33H42FN3O8S2. The molecule has 2 aromatic carbocycles. The molecular weight excluding hydrogens is 650 g/mol. The third-order valence-corrected chi connectivity index (χ3v) is 10.4. The highest BCUT2D eigenvalue weighted by Gasteiger charge is 2.32. The molecule has 0 fully saturated rings. The minimum Gasteiger partial charge on any atom is -0.598 e. The van der Waals surface area contributed by atoms with E-state index >= 15 is 0 Å².